The molecule has 3 aliphatic heterocycles. The third kappa shape index (κ3) is 1.97. The molecule has 0 saturated carbocycles. The summed E-state index contributed by atoms with van der Waals surface area (Å²) in [5, 5.41) is 22.8. The van der Waals surface area contributed by atoms with Crippen LogP contribution >= 0.6 is 0 Å². The molecule has 3 atom stereocenters. The molecule has 3 aliphatic rings. The SMILES string of the molecule is C[C@@]12O[C@@H](C[C@]1(O)CN=[N+]=[N-])n1c3ccccc3c3c4c(c5c6ccccc6n2c5c31)CNC4=O. The average Bonchev–Trinajstić information content (AvgIpc) is 3.55. The van der Waals surface area contributed by atoms with E-state index in [2.05, 4.69) is 30.5 Å². The third-order valence-electron chi connectivity index (χ3n) is 8.37. The molecule has 35 heavy (non-hydrogen) atoms. The van der Waals surface area contributed by atoms with Gasteiger partial charge in [0.25, 0.3) is 5.91 Å². The average molecular weight is 464 g/mol. The minimum absolute atomic E-state index is 0.0666. The topological polar surface area (TPSA) is 117 Å². The van der Waals surface area contributed by atoms with Gasteiger partial charge in [-0.2, -0.15) is 0 Å². The number of para-hydroxylation sites is 2. The molecule has 5 heterocycles. The second-order valence-corrected chi connectivity index (χ2v) is 9.90. The fourth-order valence-corrected chi connectivity index (χ4v) is 6.88. The number of rotatable bonds is 2. The molecule has 5 aromatic rings. The molecule has 0 radical (unpaired) electrons. The Labute approximate surface area is 198 Å². The minimum Gasteiger partial charge on any atom is -0.385 e. The molecule has 8 rings (SSSR count). The number of aliphatic hydroxyl groups is 1. The number of carbonyl (C=O) groups excluding carboxylic acids is 1. The molecule has 1 amide bonds. The Hall–Kier alpha value is -4.04. The van der Waals surface area contributed by atoms with Gasteiger partial charge in [0.1, 0.15) is 11.8 Å². The number of azide groups is 1. The fourth-order valence-electron chi connectivity index (χ4n) is 6.88. The highest BCUT2D eigenvalue weighted by molar-refractivity contribution is 6.31. The van der Waals surface area contributed by atoms with Crippen molar-refractivity contribution in [2.75, 3.05) is 6.54 Å². The number of nitrogens with one attached hydrogen (secondary N) is 1. The quantitative estimate of drug-likeness (QED) is 0.222. The minimum atomic E-state index is -1.44. The van der Waals surface area contributed by atoms with Gasteiger partial charge >= 0.3 is 0 Å². The molecular formula is C26H20N6O3. The maximum absolute atomic E-state index is 13.2. The van der Waals surface area contributed by atoms with Crippen molar-refractivity contribution in [2.45, 2.75) is 37.4 Å². The summed E-state index contributed by atoms with van der Waals surface area (Å²) in [7, 11) is 0. The molecule has 0 spiro atoms. The predicted octanol–water partition coefficient (Wildman–Crippen LogP) is 4.79. The normalized spacial score (nSPS) is 26.6. The highest BCUT2D eigenvalue weighted by Crippen LogP contribution is 2.57. The van der Waals surface area contributed by atoms with E-state index >= 15 is 0 Å². The molecule has 2 N–H and O–H groups in total. The number of ether oxygens (including phenoxy) is 1. The number of aromatic nitrogens is 2. The van der Waals surface area contributed by atoms with E-state index in [0.717, 1.165) is 54.7 Å². The van der Waals surface area contributed by atoms with E-state index in [1.54, 1.807) is 0 Å². The Kier molecular flexibility index (Phi) is 3.28. The zero-order valence-corrected chi connectivity index (χ0v) is 18.8. The van der Waals surface area contributed by atoms with E-state index in [4.69, 9.17) is 10.3 Å². The van der Waals surface area contributed by atoms with Gasteiger partial charge in [0, 0.05) is 39.4 Å². The standard InChI is InChI=1S/C26H20N6O3/c1-25-26(34,12-29-30-27)10-18(35-25)31-16-8-4-2-6-13(16)20-21-15(11-28-24(21)33)19-14-7-3-5-9-17(14)32(25)23(19)22(20)31/h2-9,18,34H,10-12H2,1H3,(H,28,33)/t18-,25+,26-/m0/s1. The van der Waals surface area contributed by atoms with Crippen molar-refractivity contribution < 1.29 is 14.6 Å². The number of nitrogens with zero attached hydrogens (tertiary/aromatic N) is 5. The van der Waals surface area contributed by atoms with Crippen molar-refractivity contribution in [2.24, 2.45) is 5.11 Å². The monoisotopic (exact) mass is 464 g/mol. The predicted molar refractivity (Wildman–Crippen MR) is 131 cm³/mol. The summed E-state index contributed by atoms with van der Waals surface area (Å²) in [4.78, 5) is 16.2. The first-order valence-corrected chi connectivity index (χ1v) is 11.7. The molecule has 0 aliphatic carbocycles. The van der Waals surface area contributed by atoms with Crippen LogP contribution in [0.1, 0.15) is 35.5 Å². The van der Waals surface area contributed by atoms with Crippen molar-refractivity contribution in [1.82, 2.24) is 14.5 Å². The van der Waals surface area contributed by atoms with E-state index in [9.17, 15) is 9.90 Å². The van der Waals surface area contributed by atoms with Gasteiger partial charge in [-0.1, -0.05) is 41.5 Å². The summed E-state index contributed by atoms with van der Waals surface area (Å²) in [6.45, 7) is 2.20. The summed E-state index contributed by atoms with van der Waals surface area (Å²) in [6, 6.07) is 16.1. The van der Waals surface area contributed by atoms with Crippen LogP contribution < -0.4 is 5.32 Å². The fraction of sp³-hybridized carbons (Fsp3) is 0.269. The summed E-state index contributed by atoms with van der Waals surface area (Å²) < 4.78 is 11.0. The lowest BCUT2D eigenvalue weighted by molar-refractivity contribution is -0.173. The molecule has 172 valence electrons. The number of hydrogen-bond donors (Lipinski definition) is 2. The van der Waals surface area contributed by atoms with Crippen LogP contribution in [0.15, 0.2) is 53.6 Å². The number of fused-ring (bicyclic) bond motifs is 13. The van der Waals surface area contributed by atoms with Gasteiger partial charge in [0.2, 0.25) is 0 Å². The first-order valence-electron chi connectivity index (χ1n) is 11.7. The molecule has 2 aromatic heterocycles. The van der Waals surface area contributed by atoms with Crippen LogP contribution in [0.3, 0.4) is 0 Å². The Morgan fingerprint density at radius 3 is 2.63 bits per heavy atom. The van der Waals surface area contributed by atoms with Crippen LogP contribution in [-0.2, 0) is 17.0 Å². The van der Waals surface area contributed by atoms with E-state index in [-0.39, 0.29) is 18.9 Å². The van der Waals surface area contributed by atoms with Crippen LogP contribution in [0, 0.1) is 0 Å². The van der Waals surface area contributed by atoms with Crippen molar-refractivity contribution >= 4 is 49.5 Å². The highest BCUT2D eigenvalue weighted by Gasteiger charge is 2.60. The lowest BCUT2D eigenvalue weighted by Crippen LogP contribution is -2.52. The smallest absolute Gasteiger partial charge is 0.252 e. The summed E-state index contributed by atoms with van der Waals surface area (Å²) in [6.07, 6.45) is -0.266. The Morgan fingerprint density at radius 1 is 1.14 bits per heavy atom. The molecule has 0 unspecified atom stereocenters. The Balaban J connectivity index is 1.71. The molecule has 1 saturated heterocycles. The van der Waals surface area contributed by atoms with Gasteiger partial charge in [0.05, 0.1) is 34.2 Å². The van der Waals surface area contributed by atoms with Crippen molar-refractivity contribution in [3.05, 3.63) is 70.1 Å². The van der Waals surface area contributed by atoms with E-state index in [1.807, 2.05) is 49.4 Å². The van der Waals surface area contributed by atoms with Crippen LogP contribution in [-0.4, -0.2) is 32.3 Å². The van der Waals surface area contributed by atoms with E-state index in [0.29, 0.717) is 6.54 Å². The van der Waals surface area contributed by atoms with Gasteiger partial charge in [-0.15, -0.1) is 0 Å². The maximum atomic E-state index is 13.2. The number of hydrogen-bond acceptors (Lipinski definition) is 4. The van der Waals surface area contributed by atoms with Crippen LogP contribution in [0.5, 0.6) is 0 Å². The first kappa shape index (κ1) is 19.3. The van der Waals surface area contributed by atoms with Crippen molar-refractivity contribution in [1.29, 1.82) is 0 Å². The van der Waals surface area contributed by atoms with Crippen LogP contribution in [0.25, 0.3) is 54.1 Å². The number of carbonyl (C=O) groups is 1. The van der Waals surface area contributed by atoms with Gasteiger partial charge in [-0.3, -0.25) is 4.79 Å². The Morgan fingerprint density at radius 2 is 1.86 bits per heavy atom. The van der Waals surface area contributed by atoms with E-state index in [1.165, 1.54) is 0 Å². The molecule has 3 aromatic carbocycles. The zero-order valence-electron chi connectivity index (χ0n) is 18.8. The molecule has 2 bridgehead atoms. The molecule has 9 heteroatoms. The number of benzene rings is 3. The lowest BCUT2D eigenvalue weighted by Gasteiger charge is -2.39. The van der Waals surface area contributed by atoms with Crippen molar-refractivity contribution in [3.63, 3.8) is 0 Å². The Bertz CT molecular complexity index is 1860. The van der Waals surface area contributed by atoms with Crippen LogP contribution in [0.2, 0.25) is 0 Å². The summed E-state index contributed by atoms with van der Waals surface area (Å²) >= 11 is 0. The van der Waals surface area contributed by atoms with Gasteiger partial charge < -0.3 is 24.3 Å². The number of amides is 1. The van der Waals surface area contributed by atoms with Gasteiger partial charge in [-0.05, 0) is 30.2 Å². The summed E-state index contributed by atoms with van der Waals surface area (Å²) in [5.74, 6) is -0.0666. The largest absolute Gasteiger partial charge is 0.385 e. The highest BCUT2D eigenvalue weighted by atomic mass is 16.6. The molecule has 1 fully saturated rings. The first-order chi connectivity index (χ1) is 17.0. The van der Waals surface area contributed by atoms with Gasteiger partial charge in [0.15, 0.2) is 5.72 Å². The van der Waals surface area contributed by atoms with Gasteiger partial charge in [-0.25, -0.2) is 0 Å². The second kappa shape index (κ2) is 5.95. The molecule has 9 nitrogen and oxygen atoms in total. The van der Waals surface area contributed by atoms with Crippen LogP contribution in [0.4, 0.5) is 0 Å². The van der Waals surface area contributed by atoms with E-state index < -0.39 is 17.6 Å². The molecular weight excluding hydrogens is 444 g/mol. The maximum Gasteiger partial charge on any atom is 0.252 e. The summed E-state index contributed by atoms with van der Waals surface area (Å²) in [5.41, 5.74) is 11.8. The zero-order chi connectivity index (χ0) is 23.7. The third-order valence-corrected chi connectivity index (χ3v) is 8.37. The second-order valence-electron chi connectivity index (χ2n) is 9.90. The lowest BCUT2D eigenvalue weighted by atomic mass is 9.89. The van der Waals surface area contributed by atoms with Crippen molar-refractivity contribution in [3.8, 4) is 0 Å².